The van der Waals surface area contributed by atoms with Crippen LogP contribution in [0.15, 0.2) is 48.5 Å². The molecule has 2 fully saturated rings. The fourth-order valence-corrected chi connectivity index (χ4v) is 5.90. The second kappa shape index (κ2) is 12.3. The lowest BCUT2D eigenvalue weighted by atomic mass is 10.0. The molecule has 218 valence electrons. The van der Waals surface area contributed by atoms with Crippen molar-refractivity contribution in [3.63, 3.8) is 0 Å². The van der Waals surface area contributed by atoms with Gasteiger partial charge in [-0.15, -0.1) is 0 Å². The number of benzene rings is 2. The van der Waals surface area contributed by atoms with Crippen molar-refractivity contribution in [2.24, 2.45) is 5.92 Å². The number of alkyl carbamates (subject to hydrolysis) is 1. The van der Waals surface area contributed by atoms with E-state index >= 15 is 0 Å². The molecule has 1 heterocycles. The minimum atomic E-state index is -3.45. The van der Waals surface area contributed by atoms with E-state index < -0.39 is 27.8 Å². The van der Waals surface area contributed by atoms with Gasteiger partial charge in [0.25, 0.3) is 0 Å². The van der Waals surface area contributed by atoms with Gasteiger partial charge in [0.1, 0.15) is 11.6 Å². The summed E-state index contributed by atoms with van der Waals surface area (Å²) in [6, 6.07) is 13.9. The van der Waals surface area contributed by atoms with Crippen molar-refractivity contribution in [2.75, 3.05) is 48.2 Å². The van der Waals surface area contributed by atoms with E-state index in [4.69, 9.17) is 16.3 Å². The summed E-state index contributed by atoms with van der Waals surface area (Å²) in [4.78, 5) is 30.2. The number of carbonyl (C=O) groups excluding carboxylic acids is 2. The Balaban J connectivity index is 1.47. The predicted molar refractivity (Wildman–Crippen MR) is 158 cm³/mol. The third-order valence-corrected chi connectivity index (χ3v) is 8.34. The van der Waals surface area contributed by atoms with Crippen LogP contribution in [0.4, 0.5) is 16.2 Å². The highest BCUT2D eigenvalue weighted by atomic mass is 35.5. The van der Waals surface area contributed by atoms with Gasteiger partial charge in [-0.1, -0.05) is 35.9 Å². The molecule has 2 aromatic carbocycles. The lowest BCUT2D eigenvalue weighted by Gasteiger charge is -2.39. The zero-order valence-corrected chi connectivity index (χ0v) is 25.2. The number of amides is 2. The van der Waals surface area contributed by atoms with Crippen molar-refractivity contribution in [3.8, 4) is 0 Å². The molecule has 0 spiro atoms. The highest BCUT2D eigenvalue weighted by molar-refractivity contribution is 7.92. The molecule has 2 aromatic rings. The normalized spacial score (nSPS) is 16.8. The molecule has 0 unspecified atom stereocenters. The van der Waals surface area contributed by atoms with E-state index in [0.717, 1.165) is 24.1 Å². The number of anilines is 2. The molecule has 9 nitrogen and oxygen atoms in total. The molecule has 2 aliphatic rings. The van der Waals surface area contributed by atoms with E-state index in [0.29, 0.717) is 55.8 Å². The third kappa shape index (κ3) is 8.27. The molecular weight excluding hydrogens is 552 g/mol. The Morgan fingerprint density at radius 2 is 1.68 bits per heavy atom. The van der Waals surface area contributed by atoms with Crippen molar-refractivity contribution in [2.45, 2.75) is 51.7 Å². The third-order valence-electron chi connectivity index (χ3n) is 6.95. The highest BCUT2D eigenvalue weighted by Gasteiger charge is 2.33. The van der Waals surface area contributed by atoms with E-state index in [1.54, 1.807) is 37.8 Å². The van der Waals surface area contributed by atoms with E-state index in [9.17, 15) is 18.0 Å². The molecule has 2 amide bonds. The van der Waals surface area contributed by atoms with Gasteiger partial charge in [-0.3, -0.25) is 9.10 Å². The molecule has 0 radical (unpaired) electrons. The Kier molecular flexibility index (Phi) is 9.19. The summed E-state index contributed by atoms with van der Waals surface area (Å²) < 4.78 is 32.3. The molecule has 11 heteroatoms. The molecule has 0 bridgehead atoms. The fourth-order valence-electron chi connectivity index (χ4n) is 4.78. The van der Waals surface area contributed by atoms with E-state index in [1.807, 2.05) is 36.4 Å². The van der Waals surface area contributed by atoms with Crippen molar-refractivity contribution in [1.82, 2.24) is 10.2 Å². The Labute approximate surface area is 242 Å². The minimum absolute atomic E-state index is 0.194. The van der Waals surface area contributed by atoms with E-state index in [1.165, 1.54) is 10.6 Å². The molecule has 40 heavy (non-hydrogen) atoms. The molecule has 1 aliphatic carbocycles. The number of halogens is 1. The number of hydrogen-bond acceptors (Lipinski definition) is 6. The van der Waals surface area contributed by atoms with Crippen molar-refractivity contribution in [3.05, 3.63) is 59.1 Å². The van der Waals surface area contributed by atoms with Crippen LogP contribution < -0.4 is 14.5 Å². The summed E-state index contributed by atoms with van der Waals surface area (Å²) in [7, 11) is -3.45. The second-order valence-electron chi connectivity index (χ2n) is 11.6. The standard InChI is InChI=1S/C29H39ClN4O5S/c1-29(2,3)39-28(36)31-24(19-21-11-13-23(30)14-12-21)27(35)33-17-15-32(16-18-33)25-7-5-6-8-26(25)34(40(4,37)38)20-22-9-10-22/h5-8,11-14,22,24H,9-10,15-20H2,1-4H3,(H,31,36)/t24-/m1/s1. The number of sulfonamides is 1. The zero-order valence-electron chi connectivity index (χ0n) is 23.6. The number of hydrogen-bond donors (Lipinski definition) is 1. The van der Waals surface area contributed by atoms with Gasteiger partial charge < -0.3 is 19.9 Å². The molecular formula is C29H39ClN4O5S. The summed E-state index contributed by atoms with van der Waals surface area (Å²) in [5.41, 5.74) is 1.67. The van der Waals surface area contributed by atoms with Gasteiger partial charge in [-0.25, -0.2) is 13.2 Å². The lowest BCUT2D eigenvalue weighted by molar-refractivity contribution is -0.133. The maximum Gasteiger partial charge on any atom is 0.408 e. The van der Waals surface area contributed by atoms with Crippen LogP contribution in [-0.2, 0) is 26.0 Å². The quantitative estimate of drug-likeness (QED) is 0.467. The number of para-hydroxylation sites is 2. The van der Waals surface area contributed by atoms with Gasteiger partial charge in [0, 0.05) is 44.2 Å². The number of rotatable bonds is 9. The molecule has 1 atom stereocenters. The fraction of sp³-hybridized carbons (Fsp3) is 0.517. The Morgan fingerprint density at radius 3 is 2.25 bits per heavy atom. The summed E-state index contributed by atoms with van der Waals surface area (Å²) in [6.45, 7) is 7.73. The van der Waals surface area contributed by atoms with Crippen LogP contribution in [0.5, 0.6) is 0 Å². The zero-order chi connectivity index (χ0) is 29.1. The van der Waals surface area contributed by atoms with Crippen LogP contribution in [0.25, 0.3) is 0 Å². The van der Waals surface area contributed by atoms with Gasteiger partial charge in [0.15, 0.2) is 0 Å². The molecule has 1 saturated heterocycles. The monoisotopic (exact) mass is 590 g/mol. The molecule has 1 N–H and O–H groups in total. The maximum atomic E-state index is 13.7. The first-order chi connectivity index (χ1) is 18.8. The number of piperazine rings is 1. The molecule has 1 aliphatic heterocycles. The summed E-state index contributed by atoms with van der Waals surface area (Å²) in [5, 5.41) is 3.36. The smallest absolute Gasteiger partial charge is 0.408 e. The van der Waals surface area contributed by atoms with Crippen LogP contribution in [0.1, 0.15) is 39.2 Å². The van der Waals surface area contributed by atoms with Gasteiger partial charge in [0.05, 0.1) is 17.6 Å². The Morgan fingerprint density at radius 1 is 1.05 bits per heavy atom. The minimum Gasteiger partial charge on any atom is -0.444 e. The van der Waals surface area contributed by atoms with Gasteiger partial charge in [0.2, 0.25) is 15.9 Å². The van der Waals surface area contributed by atoms with Gasteiger partial charge >= 0.3 is 6.09 Å². The number of ether oxygens (including phenoxy) is 1. The SMILES string of the molecule is CC(C)(C)OC(=O)N[C@H](Cc1ccc(Cl)cc1)C(=O)N1CCN(c2ccccc2N(CC2CC2)S(C)(=O)=O)CC1. The topological polar surface area (TPSA) is 99.3 Å². The van der Waals surface area contributed by atoms with Crippen molar-refractivity contribution >= 4 is 45.0 Å². The van der Waals surface area contributed by atoms with Crippen molar-refractivity contribution in [1.29, 1.82) is 0 Å². The Hall–Kier alpha value is -2.98. The highest BCUT2D eigenvalue weighted by Crippen LogP contribution is 2.37. The molecule has 4 rings (SSSR count). The maximum absolute atomic E-state index is 13.7. The second-order valence-corrected chi connectivity index (χ2v) is 13.9. The van der Waals surface area contributed by atoms with Crippen molar-refractivity contribution < 1.29 is 22.7 Å². The molecule has 1 saturated carbocycles. The first kappa shape index (κ1) is 30.0. The van der Waals surface area contributed by atoms with Gasteiger partial charge in [-0.05, 0) is 69.4 Å². The lowest BCUT2D eigenvalue weighted by Crippen LogP contribution is -2.56. The average Bonchev–Trinajstić information content (AvgIpc) is 3.71. The number of nitrogens with one attached hydrogen (secondary N) is 1. The van der Waals surface area contributed by atoms with Crippen LogP contribution in [-0.4, -0.2) is 75.9 Å². The largest absolute Gasteiger partial charge is 0.444 e. The number of nitrogens with zero attached hydrogens (tertiary/aromatic N) is 3. The van der Waals surface area contributed by atoms with Crippen LogP contribution in [0, 0.1) is 5.92 Å². The predicted octanol–water partition coefficient (Wildman–Crippen LogP) is 4.30. The van der Waals surface area contributed by atoms with E-state index in [-0.39, 0.29) is 5.91 Å². The summed E-state index contributed by atoms with van der Waals surface area (Å²) in [5.74, 6) is 0.201. The van der Waals surface area contributed by atoms with Crippen LogP contribution in [0.3, 0.4) is 0 Å². The van der Waals surface area contributed by atoms with Crippen LogP contribution in [0.2, 0.25) is 5.02 Å². The van der Waals surface area contributed by atoms with Crippen LogP contribution >= 0.6 is 11.6 Å². The summed E-state index contributed by atoms with van der Waals surface area (Å²) >= 11 is 6.03. The van der Waals surface area contributed by atoms with Gasteiger partial charge in [-0.2, -0.15) is 0 Å². The number of carbonyl (C=O) groups is 2. The first-order valence-electron chi connectivity index (χ1n) is 13.6. The average molecular weight is 591 g/mol. The molecule has 0 aromatic heterocycles. The summed E-state index contributed by atoms with van der Waals surface area (Å²) in [6.07, 6.45) is 2.99. The van der Waals surface area contributed by atoms with E-state index in [2.05, 4.69) is 10.2 Å². The Bertz CT molecular complexity index is 1300. The first-order valence-corrected chi connectivity index (χ1v) is 15.9.